The standard InChI is InChI=1S/C15H24N2O2/c1-11(2)19-15-9-12(16)8-13(10-15)17-6-5-14-4-3-7-18-14/h8-11,14,17H,3-7,16H2,1-2H3. The summed E-state index contributed by atoms with van der Waals surface area (Å²) in [6, 6.07) is 5.78. The van der Waals surface area contributed by atoms with Crippen LogP contribution in [0.1, 0.15) is 33.1 Å². The van der Waals surface area contributed by atoms with E-state index in [0.29, 0.717) is 6.10 Å². The van der Waals surface area contributed by atoms with E-state index in [1.54, 1.807) is 0 Å². The molecule has 4 nitrogen and oxygen atoms in total. The second-order valence-electron chi connectivity index (χ2n) is 5.31. The third kappa shape index (κ3) is 4.63. The quantitative estimate of drug-likeness (QED) is 0.775. The summed E-state index contributed by atoms with van der Waals surface area (Å²) in [5, 5.41) is 3.39. The van der Waals surface area contributed by atoms with Crippen LogP contribution in [0, 0.1) is 0 Å². The molecule has 1 unspecified atom stereocenters. The highest BCUT2D eigenvalue weighted by Crippen LogP contribution is 2.24. The molecule has 0 spiro atoms. The molecule has 1 heterocycles. The van der Waals surface area contributed by atoms with Gasteiger partial charge in [0.15, 0.2) is 0 Å². The first kappa shape index (κ1) is 14.0. The van der Waals surface area contributed by atoms with Crippen molar-refractivity contribution in [1.29, 1.82) is 0 Å². The fourth-order valence-electron chi connectivity index (χ4n) is 2.31. The van der Waals surface area contributed by atoms with Crippen LogP contribution in [0.4, 0.5) is 11.4 Å². The number of nitrogens with two attached hydrogens (primary N) is 1. The minimum absolute atomic E-state index is 0.154. The predicted molar refractivity (Wildman–Crippen MR) is 78.7 cm³/mol. The minimum atomic E-state index is 0.154. The second-order valence-corrected chi connectivity index (χ2v) is 5.31. The number of nitrogens with one attached hydrogen (secondary N) is 1. The molecule has 1 fully saturated rings. The summed E-state index contributed by atoms with van der Waals surface area (Å²) in [6.07, 6.45) is 3.98. The Hall–Kier alpha value is -1.42. The van der Waals surface area contributed by atoms with Crippen LogP contribution in [0.25, 0.3) is 0 Å². The van der Waals surface area contributed by atoms with Crippen LogP contribution in [0.3, 0.4) is 0 Å². The van der Waals surface area contributed by atoms with Gasteiger partial charge < -0.3 is 20.5 Å². The van der Waals surface area contributed by atoms with Crippen LogP contribution in [0.15, 0.2) is 18.2 Å². The van der Waals surface area contributed by atoms with Gasteiger partial charge >= 0.3 is 0 Å². The lowest BCUT2D eigenvalue weighted by Crippen LogP contribution is -2.13. The van der Waals surface area contributed by atoms with Gasteiger partial charge in [-0.05, 0) is 39.2 Å². The molecule has 0 aromatic heterocycles. The van der Waals surface area contributed by atoms with Crippen molar-refractivity contribution >= 4 is 11.4 Å². The normalized spacial score (nSPS) is 18.8. The Morgan fingerprint density at radius 2 is 2.26 bits per heavy atom. The molecular formula is C15H24N2O2. The topological polar surface area (TPSA) is 56.5 Å². The molecule has 1 saturated heterocycles. The van der Waals surface area contributed by atoms with Crippen molar-refractivity contribution in [3.63, 3.8) is 0 Å². The average Bonchev–Trinajstić information content (AvgIpc) is 2.80. The summed E-state index contributed by atoms with van der Waals surface area (Å²) in [7, 11) is 0. The zero-order valence-electron chi connectivity index (χ0n) is 11.8. The van der Waals surface area contributed by atoms with Crippen molar-refractivity contribution in [2.45, 2.75) is 45.3 Å². The summed E-state index contributed by atoms with van der Waals surface area (Å²) in [6.45, 7) is 5.83. The van der Waals surface area contributed by atoms with Gasteiger partial charge in [0.1, 0.15) is 5.75 Å². The molecular weight excluding hydrogens is 240 g/mol. The molecule has 0 amide bonds. The zero-order valence-corrected chi connectivity index (χ0v) is 11.8. The van der Waals surface area contributed by atoms with Gasteiger partial charge in [-0.25, -0.2) is 0 Å². The van der Waals surface area contributed by atoms with E-state index in [4.69, 9.17) is 15.2 Å². The second kappa shape index (κ2) is 6.66. The molecule has 1 atom stereocenters. The number of anilines is 2. The molecule has 2 rings (SSSR count). The van der Waals surface area contributed by atoms with E-state index in [9.17, 15) is 0 Å². The van der Waals surface area contributed by atoms with Crippen LogP contribution in [-0.2, 0) is 4.74 Å². The highest BCUT2D eigenvalue weighted by Gasteiger charge is 2.14. The molecule has 106 valence electrons. The number of benzene rings is 1. The molecule has 4 heteroatoms. The summed E-state index contributed by atoms with van der Waals surface area (Å²) in [5.41, 5.74) is 7.61. The summed E-state index contributed by atoms with van der Waals surface area (Å²) in [4.78, 5) is 0. The van der Waals surface area contributed by atoms with Gasteiger partial charge in [0.05, 0.1) is 12.2 Å². The van der Waals surface area contributed by atoms with Crippen molar-refractivity contribution in [2.24, 2.45) is 0 Å². The van der Waals surface area contributed by atoms with E-state index in [1.165, 1.54) is 12.8 Å². The molecule has 0 saturated carbocycles. The summed E-state index contributed by atoms with van der Waals surface area (Å²) >= 11 is 0. The predicted octanol–water partition coefficient (Wildman–Crippen LogP) is 3.04. The molecule has 0 bridgehead atoms. The molecule has 1 aliphatic rings. The highest BCUT2D eigenvalue weighted by atomic mass is 16.5. The molecule has 3 N–H and O–H groups in total. The van der Waals surface area contributed by atoms with E-state index in [2.05, 4.69) is 5.32 Å². The van der Waals surface area contributed by atoms with E-state index in [0.717, 1.165) is 36.7 Å². The molecule has 19 heavy (non-hydrogen) atoms. The Kier molecular flexibility index (Phi) is 4.91. The van der Waals surface area contributed by atoms with Crippen LogP contribution >= 0.6 is 0 Å². The van der Waals surface area contributed by atoms with Gasteiger partial charge in [0, 0.05) is 36.7 Å². The van der Waals surface area contributed by atoms with Gasteiger partial charge in [0.25, 0.3) is 0 Å². The Morgan fingerprint density at radius 1 is 1.42 bits per heavy atom. The lowest BCUT2D eigenvalue weighted by Gasteiger charge is -2.14. The van der Waals surface area contributed by atoms with E-state index in [-0.39, 0.29) is 6.10 Å². The Balaban J connectivity index is 1.86. The highest BCUT2D eigenvalue weighted by molar-refractivity contribution is 5.59. The number of ether oxygens (including phenoxy) is 2. The number of nitrogen functional groups attached to an aromatic ring is 1. The van der Waals surface area contributed by atoms with Gasteiger partial charge in [-0.15, -0.1) is 0 Å². The van der Waals surface area contributed by atoms with Gasteiger partial charge in [-0.1, -0.05) is 0 Å². The third-order valence-electron chi connectivity index (χ3n) is 3.12. The monoisotopic (exact) mass is 264 g/mol. The van der Waals surface area contributed by atoms with Crippen molar-refractivity contribution in [3.05, 3.63) is 18.2 Å². The Bertz CT molecular complexity index is 401. The van der Waals surface area contributed by atoms with Gasteiger partial charge in [0.2, 0.25) is 0 Å². The lowest BCUT2D eigenvalue weighted by molar-refractivity contribution is 0.107. The molecule has 1 aliphatic heterocycles. The smallest absolute Gasteiger partial charge is 0.123 e. The third-order valence-corrected chi connectivity index (χ3v) is 3.12. The molecule has 1 aromatic rings. The first-order valence-electron chi connectivity index (χ1n) is 7.06. The number of rotatable bonds is 6. The van der Waals surface area contributed by atoms with Gasteiger partial charge in [-0.3, -0.25) is 0 Å². The largest absolute Gasteiger partial charge is 0.491 e. The van der Waals surface area contributed by atoms with E-state index < -0.39 is 0 Å². The molecule has 0 aliphatic carbocycles. The van der Waals surface area contributed by atoms with Crippen LogP contribution in [0.2, 0.25) is 0 Å². The fourth-order valence-corrected chi connectivity index (χ4v) is 2.31. The SMILES string of the molecule is CC(C)Oc1cc(N)cc(NCCC2CCCO2)c1. The Morgan fingerprint density at radius 3 is 2.95 bits per heavy atom. The van der Waals surface area contributed by atoms with E-state index >= 15 is 0 Å². The van der Waals surface area contributed by atoms with Crippen LogP contribution in [0.5, 0.6) is 5.75 Å². The summed E-state index contributed by atoms with van der Waals surface area (Å²) < 4.78 is 11.3. The molecule has 1 aromatic carbocycles. The minimum Gasteiger partial charge on any atom is -0.491 e. The maximum atomic E-state index is 5.88. The summed E-state index contributed by atoms with van der Waals surface area (Å²) in [5.74, 6) is 0.814. The van der Waals surface area contributed by atoms with Crippen molar-refractivity contribution in [1.82, 2.24) is 0 Å². The Labute approximate surface area is 115 Å². The van der Waals surface area contributed by atoms with Crippen molar-refractivity contribution in [3.8, 4) is 5.75 Å². The number of hydrogen-bond acceptors (Lipinski definition) is 4. The van der Waals surface area contributed by atoms with E-state index in [1.807, 2.05) is 32.0 Å². The fraction of sp³-hybridized carbons (Fsp3) is 0.600. The zero-order chi connectivity index (χ0) is 13.7. The lowest BCUT2D eigenvalue weighted by atomic mass is 10.2. The van der Waals surface area contributed by atoms with Crippen molar-refractivity contribution in [2.75, 3.05) is 24.2 Å². The van der Waals surface area contributed by atoms with Crippen LogP contribution in [-0.4, -0.2) is 25.4 Å². The maximum Gasteiger partial charge on any atom is 0.123 e. The average molecular weight is 264 g/mol. The maximum absolute atomic E-state index is 5.88. The van der Waals surface area contributed by atoms with Gasteiger partial charge in [-0.2, -0.15) is 0 Å². The van der Waals surface area contributed by atoms with Crippen molar-refractivity contribution < 1.29 is 9.47 Å². The molecule has 0 radical (unpaired) electrons. The first-order chi connectivity index (χ1) is 9.13. The van der Waals surface area contributed by atoms with Crippen LogP contribution < -0.4 is 15.8 Å². The number of hydrogen-bond donors (Lipinski definition) is 2. The first-order valence-corrected chi connectivity index (χ1v) is 7.06.